The Morgan fingerprint density at radius 2 is 2.07 bits per heavy atom. The lowest BCUT2D eigenvalue weighted by atomic mass is 10.3. The molecule has 0 aliphatic carbocycles. The fourth-order valence-corrected chi connectivity index (χ4v) is 1.24. The molecule has 0 saturated heterocycles. The fraction of sp³-hybridized carbons (Fsp3) is 0.417. The molecule has 1 rings (SSSR count). The summed E-state index contributed by atoms with van der Waals surface area (Å²) in [6, 6.07) is 0. The molecule has 0 saturated carbocycles. The zero-order valence-electron chi connectivity index (χ0n) is 9.04. The Hall–Kier alpha value is -1.49. The van der Waals surface area contributed by atoms with Crippen LogP contribution in [0.5, 0.6) is 0 Å². The first-order chi connectivity index (χ1) is 6.80. The van der Waals surface area contributed by atoms with Crippen molar-refractivity contribution in [1.82, 2.24) is 4.90 Å². The van der Waals surface area contributed by atoms with Crippen molar-refractivity contribution < 1.29 is 0 Å². The van der Waals surface area contributed by atoms with E-state index in [0.29, 0.717) is 0 Å². The lowest BCUT2D eigenvalue weighted by Gasteiger charge is -2.14. The molecule has 1 aliphatic heterocycles. The number of nitrogens with zero attached hydrogens (tertiary/aromatic N) is 2. The maximum Gasteiger partial charge on any atom is 0.113 e. The van der Waals surface area contributed by atoms with Gasteiger partial charge in [-0.25, -0.2) is 4.99 Å². The Morgan fingerprint density at radius 3 is 2.64 bits per heavy atom. The first-order valence-electron chi connectivity index (χ1n) is 4.95. The minimum Gasteiger partial charge on any atom is -0.376 e. The maximum atomic E-state index is 4.36. The average Bonchev–Trinajstić information content (AvgIpc) is 2.63. The van der Waals surface area contributed by atoms with Crippen LogP contribution in [-0.4, -0.2) is 23.7 Å². The van der Waals surface area contributed by atoms with Crippen LogP contribution in [0.3, 0.4) is 0 Å². The van der Waals surface area contributed by atoms with E-state index in [1.807, 2.05) is 19.1 Å². The molecule has 0 aromatic rings. The number of hydrogen-bond acceptors (Lipinski definition) is 2. The summed E-state index contributed by atoms with van der Waals surface area (Å²) < 4.78 is 0. The summed E-state index contributed by atoms with van der Waals surface area (Å²) in [6.45, 7) is 8.12. The molecule has 0 aromatic heterocycles. The molecule has 0 spiro atoms. The zero-order valence-corrected chi connectivity index (χ0v) is 9.04. The molecule has 0 aromatic carbocycles. The number of aliphatic imine (C=N–C) groups is 1. The molecule has 1 heterocycles. The standard InChI is InChI=1S/C12H16N2/c1-4-7-11-8-9-12(13-11)10-14(5-2)6-3/h8-10H,5-6H2,1-3H3/b12-10+. The van der Waals surface area contributed by atoms with Crippen LogP contribution in [-0.2, 0) is 0 Å². The molecule has 0 fully saturated rings. The smallest absolute Gasteiger partial charge is 0.113 e. The second kappa shape index (κ2) is 5.29. The van der Waals surface area contributed by atoms with E-state index in [2.05, 4.69) is 41.8 Å². The Labute approximate surface area is 86.0 Å². The van der Waals surface area contributed by atoms with Crippen LogP contribution in [0, 0.1) is 11.8 Å². The highest BCUT2D eigenvalue weighted by atomic mass is 15.1. The van der Waals surface area contributed by atoms with Crippen molar-refractivity contribution in [2.24, 2.45) is 4.99 Å². The lowest BCUT2D eigenvalue weighted by molar-refractivity contribution is 0.416. The highest BCUT2D eigenvalue weighted by Gasteiger charge is 2.02. The van der Waals surface area contributed by atoms with E-state index in [1.165, 1.54) is 0 Å². The summed E-state index contributed by atoms with van der Waals surface area (Å²) in [7, 11) is 0. The molecule has 0 N–H and O–H groups in total. The molecule has 0 bridgehead atoms. The van der Waals surface area contributed by atoms with Crippen molar-refractivity contribution in [3.63, 3.8) is 0 Å². The van der Waals surface area contributed by atoms with Gasteiger partial charge < -0.3 is 4.90 Å². The van der Waals surface area contributed by atoms with Gasteiger partial charge in [-0.2, -0.15) is 0 Å². The maximum absolute atomic E-state index is 4.36. The Kier molecular flexibility index (Phi) is 4.00. The molecule has 0 unspecified atom stereocenters. The van der Waals surface area contributed by atoms with E-state index in [9.17, 15) is 0 Å². The lowest BCUT2D eigenvalue weighted by Crippen LogP contribution is -2.15. The van der Waals surface area contributed by atoms with Crippen LogP contribution in [0.25, 0.3) is 0 Å². The van der Waals surface area contributed by atoms with E-state index in [-0.39, 0.29) is 0 Å². The minimum absolute atomic E-state index is 0.853. The number of hydrogen-bond donors (Lipinski definition) is 0. The highest BCUT2D eigenvalue weighted by Crippen LogP contribution is 2.09. The minimum atomic E-state index is 0.853. The predicted molar refractivity (Wildman–Crippen MR) is 61.0 cm³/mol. The first kappa shape index (κ1) is 10.6. The van der Waals surface area contributed by atoms with Crippen LogP contribution < -0.4 is 0 Å². The summed E-state index contributed by atoms with van der Waals surface area (Å²) in [5.74, 6) is 5.78. The van der Waals surface area contributed by atoms with Crippen LogP contribution in [0.15, 0.2) is 29.0 Å². The van der Waals surface area contributed by atoms with Gasteiger partial charge in [0.15, 0.2) is 0 Å². The van der Waals surface area contributed by atoms with Crippen molar-refractivity contribution in [2.75, 3.05) is 13.1 Å². The van der Waals surface area contributed by atoms with E-state index in [1.54, 1.807) is 0 Å². The van der Waals surface area contributed by atoms with Crippen LogP contribution in [0.1, 0.15) is 20.8 Å². The Morgan fingerprint density at radius 1 is 1.36 bits per heavy atom. The quantitative estimate of drug-likeness (QED) is 0.620. The zero-order chi connectivity index (χ0) is 10.4. The molecule has 0 atom stereocenters. The van der Waals surface area contributed by atoms with Crippen molar-refractivity contribution >= 4 is 5.71 Å². The average molecular weight is 188 g/mol. The van der Waals surface area contributed by atoms with Gasteiger partial charge >= 0.3 is 0 Å². The largest absolute Gasteiger partial charge is 0.376 e. The summed E-state index contributed by atoms with van der Waals surface area (Å²) in [5.41, 5.74) is 1.84. The molecule has 14 heavy (non-hydrogen) atoms. The van der Waals surface area contributed by atoms with Gasteiger partial charge in [0, 0.05) is 19.3 Å². The van der Waals surface area contributed by atoms with Gasteiger partial charge in [-0.05, 0) is 38.8 Å². The molecule has 1 aliphatic rings. The van der Waals surface area contributed by atoms with E-state index >= 15 is 0 Å². The molecule has 74 valence electrons. The van der Waals surface area contributed by atoms with E-state index in [0.717, 1.165) is 24.5 Å². The van der Waals surface area contributed by atoms with E-state index in [4.69, 9.17) is 0 Å². The molecule has 0 amide bonds. The first-order valence-corrected chi connectivity index (χ1v) is 4.95. The van der Waals surface area contributed by atoms with Crippen LogP contribution in [0.2, 0.25) is 0 Å². The number of allylic oxidation sites excluding steroid dienone is 2. The van der Waals surface area contributed by atoms with Crippen LogP contribution >= 0.6 is 0 Å². The van der Waals surface area contributed by atoms with Gasteiger partial charge in [0.1, 0.15) is 5.71 Å². The van der Waals surface area contributed by atoms with Gasteiger partial charge in [0.2, 0.25) is 0 Å². The normalized spacial score (nSPS) is 16.5. The topological polar surface area (TPSA) is 15.6 Å². The Balaban J connectivity index is 2.72. The molecular formula is C12H16N2. The third-order valence-electron chi connectivity index (χ3n) is 2.04. The second-order valence-electron chi connectivity index (χ2n) is 2.98. The molecular weight excluding hydrogens is 172 g/mol. The monoisotopic (exact) mass is 188 g/mol. The van der Waals surface area contributed by atoms with Crippen molar-refractivity contribution in [3.05, 3.63) is 24.0 Å². The van der Waals surface area contributed by atoms with Crippen molar-refractivity contribution in [3.8, 4) is 11.8 Å². The summed E-state index contributed by atoms with van der Waals surface area (Å²) in [4.78, 5) is 6.58. The van der Waals surface area contributed by atoms with E-state index < -0.39 is 0 Å². The fourth-order valence-electron chi connectivity index (χ4n) is 1.24. The summed E-state index contributed by atoms with van der Waals surface area (Å²) in [5, 5.41) is 0. The second-order valence-corrected chi connectivity index (χ2v) is 2.98. The van der Waals surface area contributed by atoms with Crippen molar-refractivity contribution in [1.29, 1.82) is 0 Å². The molecule has 0 radical (unpaired) electrons. The van der Waals surface area contributed by atoms with Gasteiger partial charge in [-0.15, -0.1) is 0 Å². The van der Waals surface area contributed by atoms with Gasteiger partial charge in [-0.1, -0.05) is 5.92 Å². The van der Waals surface area contributed by atoms with Gasteiger partial charge in [0.25, 0.3) is 0 Å². The third kappa shape index (κ3) is 2.77. The molecule has 2 nitrogen and oxygen atoms in total. The molecule has 2 heteroatoms. The summed E-state index contributed by atoms with van der Waals surface area (Å²) >= 11 is 0. The van der Waals surface area contributed by atoms with Gasteiger partial charge in [0.05, 0.1) is 5.70 Å². The Bertz CT molecular complexity index is 333. The summed E-state index contributed by atoms with van der Waals surface area (Å²) in [6.07, 6.45) is 6.02. The van der Waals surface area contributed by atoms with Crippen molar-refractivity contribution in [2.45, 2.75) is 20.8 Å². The predicted octanol–water partition coefficient (Wildman–Crippen LogP) is 2.20. The van der Waals surface area contributed by atoms with Gasteiger partial charge in [-0.3, -0.25) is 0 Å². The SMILES string of the molecule is CC#CC1=N/C(=C/N(CC)CC)C=C1. The van der Waals surface area contributed by atoms with Crippen LogP contribution in [0.4, 0.5) is 0 Å². The third-order valence-corrected chi connectivity index (χ3v) is 2.04. The highest BCUT2D eigenvalue weighted by molar-refractivity contribution is 6.11. The number of rotatable bonds is 3.